The SMILES string of the molecule is COC(=O)C(NC(=O)Nc1ccc2c(c1O)C(=O)C1C(=O)[C@@]3(O)C(=O)C(C(N)=O)C(=O)[C@H](N(C)C)[C@H]3[C@H](O)[C@H]1[C@@H]2C)C(C)C. The number of aliphatic hydroxyl groups is 2. The molecule has 2 fully saturated rings. The molecular weight excluding hydrogens is 580 g/mol. The molecule has 3 unspecified atom stereocenters. The van der Waals surface area contributed by atoms with Gasteiger partial charge in [0.1, 0.15) is 11.8 Å². The normalized spacial score (nSPS) is 32.0. The lowest BCUT2D eigenvalue weighted by molar-refractivity contribution is -0.196. The van der Waals surface area contributed by atoms with Crippen molar-refractivity contribution in [1.82, 2.24) is 10.2 Å². The Hall–Kier alpha value is -4.21. The number of phenols is 1. The Morgan fingerprint density at radius 1 is 1.09 bits per heavy atom. The number of rotatable bonds is 6. The number of amides is 3. The van der Waals surface area contributed by atoms with Crippen LogP contribution in [0.1, 0.15) is 42.6 Å². The Bertz CT molecular complexity index is 1470. The van der Waals surface area contributed by atoms with Gasteiger partial charge in [-0.2, -0.15) is 0 Å². The molecule has 0 aromatic heterocycles. The van der Waals surface area contributed by atoms with Crippen LogP contribution < -0.4 is 16.4 Å². The molecule has 3 aliphatic rings. The van der Waals surface area contributed by atoms with Gasteiger partial charge < -0.3 is 36.4 Å². The standard InChI is InChI=1S/C29H36N4O11/c1-9(2)18(27(41)44-6)32-28(42)31-12-8-7-11-10(3)13-15(21(35)14(11)20(12)34)24(38)29(43)17(22(13)36)19(33(4)5)23(37)16(25(29)39)26(30)40/h7-10,13,15-19,22,34,36,43H,1-6H3,(H2,30,40)(H2,31,32,42)/t10-,13+,15?,16?,17+,18?,19-,22-,29-/m1/s1. The van der Waals surface area contributed by atoms with Crippen molar-refractivity contribution in [1.29, 1.82) is 0 Å². The van der Waals surface area contributed by atoms with Crippen molar-refractivity contribution in [2.75, 3.05) is 26.5 Å². The predicted octanol–water partition coefficient (Wildman–Crippen LogP) is -1.28. The number of aliphatic hydroxyl groups excluding tert-OH is 1. The number of nitrogens with zero attached hydrogens (tertiary/aromatic N) is 1. The highest BCUT2D eigenvalue weighted by Gasteiger charge is 2.72. The lowest BCUT2D eigenvalue weighted by Crippen LogP contribution is -2.77. The maximum Gasteiger partial charge on any atom is 0.328 e. The third-order valence-electron chi connectivity index (χ3n) is 9.15. The molecular formula is C29H36N4O11. The maximum absolute atomic E-state index is 14.0. The third kappa shape index (κ3) is 4.66. The summed E-state index contributed by atoms with van der Waals surface area (Å²) in [5.41, 5.74) is 1.75. The third-order valence-corrected chi connectivity index (χ3v) is 9.15. The van der Waals surface area contributed by atoms with Gasteiger partial charge in [-0.15, -0.1) is 0 Å². The first-order valence-electron chi connectivity index (χ1n) is 14.0. The molecule has 3 amide bonds. The summed E-state index contributed by atoms with van der Waals surface area (Å²) in [6.45, 7) is 4.90. The number of fused-ring (bicyclic) bond motifs is 3. The summed E-state index contributed by atoms with van der Waals surface area (Å²) in [5.74, 6) is -15.9. The van der Waals surface area contributed by atoms with E-state index in [0.717, 1.165) is 7.11 Å². The van der Waals surface area contributed by atoms with Crippen molar-refractivity contribution in [3.05, 3.63) is 23.3 Å². The number of Topliss-reactive ketones (excluding diaryl/α,β-unsaturated/α-hetero) is 4. The molecule has 0 heterocycles. The number of nitrogens with one attached hydrogen (secondary N) is 2. The number of ether oxygens (including phenoxy) is 1. The van der Waals surface area contributed by atoms with E-state index in [1.807, 2.05) is 0 Å². The highest BCUT2D eigenvalue weighted by Crippen LogP contribution is 2.55. The number of primary amides is 1. The first-order valence-corrected chi connectivity index (χ1v) is 14.0. The van der Waals surface area contributed by atoms with Crippen LogP contribution in [0.25, 0.3) is 0 Å². The first kappa shape index (κ1) is 32.7. The minimum Gasteiger partial charge on any atom is -0.505 e. The topological polar surface area (TPSA) is 243 Å². The van der Waals surface area contributed by atoms with Crippen LogP contribution in [0.15, 0.2) is 12.1 Å². The number of ketones is 4. The van der Waals surface area contributed by atoms with Crippen LogP contribution in [0.3, 0.4) is 0 Å². The molecule has 0 radical (unpaired) electrons. The number of methoxy groups -OCH3 is 1. The molecule has 1 aromatic rings. The second-order valence-corrected chi connectivity index (χ2v) is 12.1. The van der Waals surface area contributed by atoms with E-state index < -0.39 is 100 Å². The highest BCUT2D eigenvalue weighted by molar-refractivity contribution is 6.32. The van der Waals surface area contributed by atoms with Crippen molar-refractivity contribution in [2.24, 2.45) is 35.3 Å². The molecule has 3 aliphatic carbocycles. The molecule has 0 spiro atoms. The van der Waals surface area contributed by atoms with E-state index in [1.165, 1.54) is 31.1 Å². The largest absolute Gasteiger partial charge is 0.505 e. The molecule has 7 N–H and O–H groups in total. The van der Waals surface area contributed by atoms with Gasteiger partial charge in [-0.3, -0.25) is 28.9 Å². The zero-order valence-corrected chi connectivity index (χ0v) is 25.0. The number of benzene rings is 1. The average molecular weight is 617 g/mol. The van der Waals surface area contributed by atoms with Crippen LogP contribution in [-0.2, 0) is 28.7 Å². The zero-order valence-electron chi connectivity index (χ0n) is 25.0. The van der Waals surface area contributed by atoms with Gasteiger partial charge in [0.15, 0.2) is 34.7 Å². The molecule has 1 aromatic carbocycles. The van der Waals surface area contributed by atoms with Crippen molar-refractivity contribution >= 4 is 46.7 Å². The second kappa shape index (κ2) is 11.4. The molecule has 238 valence electrons. The number of hydrogen-bond acceptors (Lipinski definition) is 12. The Balaban J connectivity index is 1.78. The Morgan fingerprint density at radius 2 is 1.70 bits per heavy atom. The predicted molar refractivity (Wildman–Crippen MR) is 150 cm³/mol. The van der Waals surface area contributed by atoms with Crippen LogP contribution >= 0.6 is 0 Å². The summed E-state index contributed by atoms with van der Waals surface area (Å²) < 4.78 is 4.70. The fourth-order valence-corrected chi connectivity index (χ4v) is 7.01. The summed E-state index contributed by atoms with van der Waals surface area (Å²) >= 11 is 0. The summed E-state index contributed by atoms with van der Waals surface area (Å²) in [7, 11) is 3.96. The average Bonchev–Trinajstić information content (AvgIpc) is 2.93. The monoisotopic (exact) mass is 616 g/mol. The van der Waals surface area contributed by atoms with Crippen LogP contribution in [0.4, 0.5) is 10.5 Å². The first-order chi connectivity index (χ1) is 20.4. The smallest absolute Gasteiger partial charge is 0.328 e. The van der Waals surface area contributed by atoms with Crippen LogP contribution in [-0.4, -0.2) is 106 Å². The Morgan fingerprint density at radius 3 is 2.23 bits per heavy atom. The highest BCUT2D eigenvalue weighted by atomic mass is 16.5. The van der Waals surface area contributed by atoms with Crippen LogP contribution in [0.2, 0.25) is 0 Å². The maximum atomic E-state index is 14.0. The molecule has 4 rings (SSSR count). The lowest BCUT2D eigenvalue weighted by atomic mass is 9.49. The number of aromatic hydroxyl groups is 1. The van der Waals surface area contributed by atoms with Gasteiger partial charge in [-0.1, -0.05) is 26.8 Å². The van der Waals surface area contributed by atoms with E-state index in [9.17, 15) is 48.9 Å². The number of likely N-dealkylation sites (N-methyl/N-ethyl adjacent to an activating group) is 1. The summed E-state index contributed by atoms with van der Waals surface area (Å²) in [5, 5.41) is 39.3. The van der Waals surface area contributed by atoms with E-state index in [-0.39, 0.29) is 22.7 Å². The number of anilines is 1. The van der Waals surface area contributed by atoms with Gasteiger partial charge in [-0.25, -0.2) is 9.59 Å². The fourth-order valence-electron chi connectivity index (χ4n) is 7.01. The quantitative estimate of drug-likeness (QED) is 0.124. The lowest BCUT2D eigenvalue weighted by Gasteiger charge is -2.56. The van der Waals surface area contributed by atoms with Gasteiger partial charge in [-0.05, 0) is 37.6 Å². The number of nitrogens with two attached hydrogens (primary N) is 1. The number of carbonyl (C=O) groups is 7. The number of phenolic OH excluding ortho intramolecular Hbond substituents is 1. The Labute approximate surface area is 252 Å². The van der Waals surface area contributed by atoms with Crippen molar-refractivity contribution in [3.8, 4) is 5.75 Å². The molecule has 0 aliphatic heterocycles. The zero-order chi connectivity index (χ0) is 33.2. The molecule has 9 atom stereocenters. The van der Waals surface area contributed by atoms with E-state index in [1.54, 1.807) is 20.8 Å². The molecule has 44 heavy (non-hydrogen) atoms. The van der Waals surface area contributed by atoms with Gasteiger partial charge in [0.2, 0.25) is 5.91 Å². The van der Waals surface area contributed by atoms with Crippen LogP contribution in [0.5, 0.6) is 5.75 Å². The summed E-state index contributed by atoms with van der Waals surface area (Å²) in [4.78, 5) is 92.9. The summed E-state index contributed by atoms with van der Waals surface area (Å²) in [6.07, 6.45) is -1.76. The molecule has 0 bridgehead atoms. The molecule has 2 saturated carbocycles. The number of urea groups is 1. The van der Waals surface area contributed by atoms with E-state index in [0.29, 0.717) is 0 Å². The van der Waals surface area contributed by atoms with E-state index in [2.05, 4.69) is 10.6 Å². The molecule has 0 saturated heterocycles. The van der Waals surface area contributed by atoms with Gasteiger partial charge in [0.05, 0.1) is 42.3 Å². The number of hydrogen-bond donors (Lipinski definition) is 6. The second-order valence-electron chi connectivity index (χ2n) is 12.1. The van der Waals surface area contributed by atoms with Crippen LogP contribution in [0, 0.1) is 29.6 Å². The number of esters is 1. The summed E-state index contributed by atoms with van der Waals surface area (Å²) in [6, 6.07) is -0.721. The van der Waals surface area contributed by atoms with E-state index >= 15 is 0 Å². The fraction of sp³-hybridized carbons (Fsp3) is 0.552. The van der Waals surface area contributed by atoms with Crippen molar-refractivity contribution in [3.63, 3.8) is 0 Å². The minimum atomic E-state index is -3.12. The van der Waals surface area contributed by atoms with Crippen molar-refractivity contribution < 1.29 is 53.6 Å². The minimum absolute atomic E-state index is 0.205. The number of carbonyl (C=O) groups excluding carboxylic acids is 7. The van der Waals surface area contributed by atoms with Gasteiger partial charge >= 0.3 is 12.0 Å². The molecule has 15 heteroatoms. The Kier molecular flexibility index (Phi) is 8.45. The van der Waals surface area contributed by atoms with E-state index in [4.69, 9.17) is 10.5 Å². The van der Waals surface area contributed by atoms with Crippen molar-refractivity contribution in [2.45, 2.75) is 50.5 Å². The van der Waals surface area contributed by atoms with Gasteiger partial charge in [0, 0.05) is 5.92 Å². The van der Waals surface area contributed by atoms with Gasteiger partial charge in [0.25, 0.3) is 0 Å². The molecule has 15 nitrogen and oxygen atoms in total.